The summed E-state index contributed by atoms with van der Waals surface area (Å²) in [4.78, 5) is 57.0. The summed E-state index contributed by atoms with van der Waals surface area (Å²) in [6, 6.07) is 33.4. The number of benzene rings is 4. The van der Waals surface area contributed by atoms with Gasteiger partial charge in [0.05, 0.1) is 47.6 Å². The van der Waals surface area contributed by atoms with Crippen LogP contribution >= 0.6 is 15.1 Å². The van der Waals surface area contributed by atoms with Gasteiger partial charge in [0.1, 0.15) is 88.5 Å². The van der Waals surface area contributed by atoms with Crippen molar-refractivity contribution in [2.45, 2.75) is 155 Å². The first-order valence-electron chi connectivity index (χ1n) is 46.7. The zero-order valence-electron chi connectivity index (χ0n) is 76.2. The van der Waals surface area contributed by atoms with E-state index in [1.54, 1.807) is 33.4 Å². The van der Waals surface area contributed by atoms with E-state index < -0.39 is 25.1 Å². The zero-order valence-corrected chi connectivity index (χ0v) is 78.8. The lowest BCUT2D eigenvalue weighted by Crippen LogP contribution is -2.43. The van der Waals surface area contributed by atoms with Crippen LogP contribution in [0.25, 0.3) is 88.6 Å². The number of carbonyl (C=O) groups is 1. The molecule has 8 aliphatic rings. The minimum absolute atomic E-state index is 0.0361. The third-order valence-electron chi connectivity index (χ3n) is 27.1. The van der Waals surface area contributed by atoms with Gasteiger partial charge in [-0.2, -0.15) is 0 Å². The van der Waals surface area contributed by atoms with Gasteiger partial charge in [-0.15, -0.1) is 0 Å². The van der Waals surface area contributed by atoms with E-state index >= 15 is 0 Å². The van der Waals surface area contributed by atoms with Gasteiger partial charge in [0.15, 0.2) is 12.7 Å². The Morgan fingerprint density at radius 2 is 0.756 bits per heavy atom. The van der Waals surface area contributed by atoms with Crippen molar-refractivity contribution in [1.82, 2.24) is 87.5 Å². The van der Waals surface area contributed by atoms with Crippen LogP contribution in [0.3, 0.4) is 0 Å². The predicted molar refractivity (Wildman–Crippen MR) is 516 cm³/mol. The fraction of sp³-hybridized carbons (Fsp3) is 0.490. The van der Waals surface area contributed by atoms with Crippen molar-refractivity contribution in [3.05, 3.63) is 158 Å². The molecule has 4 saturated carbocycles. The number of ether oxygens (including phenoxy) is 2. The Morgan fingerprint density at radius 3 is 1.07 bits per heavy atom. The molecule has 4 aliphatic carbocycles. The topological polar surface area (TPSA) is 395 Å². The van der Waals surface area contributed by atoms with Crippen molar-refractivity contribution in [2.24, 2.45) is 23.7 Å². The Hall–Kier alpha value is -10.1. The molecule has 35 heteroatoms. The summed E-state index contributed by atoms with van der Waals surface area (Å²) in [5.41, 5.74) is 38.8. The van der Waals surface area contributed by atoms with Crippen molar-refractivity contribution in [2.75, 3.05) is 147 Å². The normalized spacial score (nSPS) is 21.4. The molecule has 8 fully saturated rings. The van der Waals surface area contributed by atoms with Crippen molar-refractivity contribution in [3.8, 4) is 56.0 Å². The summed E-state index contributed by atoms with van der Waals surface area (Å²) in [7, 11) is -9.62. The monoisotopic (exact) mass is 1840 g/mol. The highest BCUT2D eigenvalue weighted by Gasteiger charge is 2.40. The van der Waals surface area contributed by atoms with Gasteiger partial charge in [0.2, 0.25) is 10.0 Å². The van der Waals surface area contributed by atoms with E-state index in [0.29, 0.717) is 91.7 Å². The number of nitrogens with one attached hydrogen (secondary N) is 2. The van der Waals surface area contributed by atoms with Crippen LogP contribution in [-0.2, 0) is 50.5 Å². The first kappa shape index (κ1) is 92.7. The highest BCUT2D eigenvalue weighted by atomic mass is 32.2. The average Bonchev–Trinajstić information content (AvgIpc) is 1.62. The average molecular weight is 1840 g/mol. The molecule has 1 unspecified atom stereocenters. The largest absolute Gasteiger partial charge is 0.482 e. The van der Waals surface area contributed by atoms with Crippen LogP contribution in [0.5, 0.6) is 11.5 Å². The summed E-state index contributed by atoms with van der Waals surface area (Å²) in [6.45, 7) is 25.5. The Bertz CT molecular complexity index is 6020. The molecule has 12 aromatic rings. The number of hydrogen-bond donors (Lipinski definition) is 6. The molecule has 12 heterocycles. The molecule has 8 aromatic heterocycles. The molecule has 4 aromatic carbocycles. The van der Waals surface area contributed by atoms with Crippen LogP contribution in [0.4, 0.5) is 23.3 Å². The number of nitrogen functional groups attached to an aromatic ring is 4. The van der Waals surface area contributed by atoms with Gasteiger partial charge in [-0.05, 0) is 251 Å². The van der Waals surface area contributed by atoms with E-state index in [4.69, 9.17) is 46.0 Å². The molecule has 4 saturated heterocycles. The van der Waals surface area contributed by atoms with Crippen LogP contribution in [0, 0.1) is 23.7 Å². The lowest BCUT2D eigenvalue weighted by atomic mass is 9.79. The van der Waals surface area contributed by atoms with Crippen LogP contribution in [0.15, 0.2) is 147 Å². The van der Waals surface area contributed by atoms with Gasteiger partial charge in [-0.3, -0.25) is 9.13 Å². The van der Waals surface area contributed by atoms with Crippen LogP contribution in [0.1, 0.15) is 153 Å². The number of fused-ring (bicyclic) bond motifs is 4. The maximum Gasteiger partial charge on any atom is 0.367 e. The highest BCUT2D eigenvalue weighted by molar-refractivity contribution is 7.88. The summed E-state index contributed by atoms with van der Waals surface area (Å²) >= 11 is 0. The Morgan fingerprint density at radius 1 is 0.435 bits per heavy atom. The zero-order chi connectivity index (χ0) is 91.1. The smallest absolute Gasteiger partial charge is 0.367 e. The van der Waals surface area contributed by atoms with E-state index in [0.717, 1.165) is 175 Å². The first-order chi connectivity index (χ1) is 63.4. The van der Waals surface area contributed by atoms with E-state index in [-0.39, 0.29) is 25.0 Å². The van der Waals surface area contributed by atoms with E-state index in [9.17, 15) is 22.3 Å². The van der Waals surface area contributed by atoms with Crippen molar-refractivity contribution < 1.29 is 45.4 Å². The Labute approximate surface area is 766 Å². The third kappa shape index (κ3) is 21.7. The second kappa shape index (κ2) is 41.2. The first-order valence-corrected chi connectivity index (χ1v) is 52.2. The molecule has 696 valence electrons. The molecule has 20 rings (SSSR count). The Balaban J connectivity index is 0.000000122. The highest BCUT2D eigenvalue weighted by Crippen LogP contribution is 2.52. The summed E-state index contributed by atoms with van der Waals surface area (Å²) in [6.07, 6.45) is 31.8. The molecular formula is C96H126N22O10P2S. The standard InChI is InChI=1S/C25H35N6O3P.C25H34N5O4P.C24H29N5O.C22H28N6O2S/c1-3-29-35(32,34-4-2)17-33-21-8-5-7-19(13-21)22-15-31(25-23(22)24(26)27-16-28-25)20-11-18(12-20)14-30-9-6-10-30;1-3-33-35(31,34-4-2)17-32-21-8-5-7-19(13-21)22-15-30(25-23(22)24(26)27-16-28-25)20-11-18(12-20)14-29-9-6-10-29;1-16(30)6-7-17-4-2-5-19(10-17)21-14-29(24-22(21)23(25)26-15-27-24)20-11-18(12-20)13-28-8-3-9-28;1-31(29,30)26-11-15-4-2-5-17(8-15)19-13-28(22-20(19)21(23)24-14-25-22)18-9-16(10-18)12-27-6-3-7-27/h5,7-8,13,15-16,18,20H,3-4,6,9-12,14,17H2,1-2H3,(H,29,32)(H2,26,27,28);5,7-8,13,15-16,18,20H,3-4,6,9-12,14,17H2,1-2H3,(H2,26,27,28);2,4-5,10,14-15,18,20H,3,6-9,11-13H2,1H3,(H2,25,26,27);2,4-5,8,13-14,16,18,26H,3,6-7,9-12H2,1H3,(H2,23,24,25). The lowest BCUT2D eigenvalue weighted by Gasteiger charge is -2.42. The molecule has 10 N–H and O–H groups in total. The molecule has 4 aliphatic heterocycles. The fourth-order valence-electron chi connectivity index (χ4n) is 19.6. The molecule has 131 heavy (non-hydrogen) atoms. The summed E-state index contributed by atoms with van der Waals surface area (Å²) in [5.74, 6) is 6.36. The maximum absolute atomic E-state index is 12.9. The van der Waals surface area contributed by atoms with Crippen molar-refractivity contribution in [3.63, 3.8) is 0 Å². The fourth-order valence-corrected chi connectivity index (χ4v) is 22.8. The van der Waals surface area contributed by atoms with Gasteiger partial charge in [-0.1, -0.05) is 73.7 Å². The minimum Gasteiger partial charge on any atom is -0.482 e. The Kier molecular flexibility index (Phi) is 29.1. The minimum atomic E-state index is -3.31. The van der Waals surface area contributed by atoms with Crippen LogP contribution in [0.2, 0.25) is 0 Å². The third-order valence-corrected chi connectivity index (χ3v) is 31.4. The number of rotatable bonds is 36. The van der Waals surface area contributed by atoms with Gasteiger partial charge in [0, 0.05) is 117 Å². The van der Waals surface area contributed by atoms with Gasteiger partial charge >= 0.3 is 15.1 Å². The number of hydrogen-bond acceptors (Lipinski definition) is 26. The van der Waals surface area contributed by atoms with E-state index in [1.807, 2.05) is 86.6 Å². The molecule has 0 spiro atoms. The van der Waals surface area contributed by atoms with Gasteiger partial charge < -0.3 is 88.6 Å². The number of sulfonamides is 1. The number of ketones is 1. The predicted octanol–water partition coefficient (Wildman–Crippen LogP) is 15.7. The van der Waals surface area contributed by atoms with Crippen LogP contribution < -0.4 is 42.2 Å². The van der Waals surface area contributed by atoms with E-state index in [2.05, 4.69) is 137 Å². The quantitative estimate of drug-likeness (QED) is 0.0199. The molecule has 32 nitrogen and oxygen atoms in total. The van der Waals surface area contributed by atoms with Gasteiger partial charge in [0.25, 0.3) is 0 Å². The summed E-state index contributed by atoms with van der Waals surface area (Å²) < 4.78 is 88.2. The van der Waals surface area contributed by atoms with Crippen molar-refractivity contribution in [1.29, 1.82) is 0 Å². The lowest BCUT2D eigenvalue weighted by molar-refractivity contribution is -0.117. The number of carbonyl (C=O) groups excluding carboxylic acids is 1. The molecule has 1 atom stereocenters. The number of aromatic nitrogens is 12. The number of anilines is 4. The maximum atomic E-state index is 12.9. The molecular weight excluding hydrogens is 1720 g/mol. The second-order valence-corrected chi connectivity index (χ2v) is 42.6. The number of nitrogens with zero attached hydrogens (tertiary/aromatic N) is 16. The number of aryl methyl sites for hydroxylation is 1. The van der Waals surface area contributed by atoms with E-state index in [1.165, 1.54) is 130 Å². The van der Waals surface area contributed by atoms with Crippen LogP contribution in [-0.4, -0.2) is 216 Å². The summed E-state index contributed by atoms with van der Waals surface area (Å²) in [5, 5.41) is 6.44. The SMILES string of the molecule is CC(=O)CCc1cccc(-c2cn(C3CC(CN4CCC4)C3)c3ncnc(N)c23)c1.CCNP(=O)(COc1cccc(-c2cn(C3CC(CN4CCC4)C3)c3ncnc(N)c23)c1)OCC.CCOP(=O)(COc1cccc(-c2cn(C3CC(CN4CCC4)C3)c3ncnc(N)c23)c1)OCC.CS(=O)(=O)NCc1cccc(-c2cn(C3CC(CN4CCC4)C3)c3ncnc(N)c23)c1. The number of likely N-dealkylation sites (tertiary alicyclic amines) is 4. The second-order valence-electron chi connectivity index (χ2n) is 36.6. The van der Waals surface area contributed by atoms with Crippen molar-refractivity contribution >= 4 is 98.3 Å². The molecule has 0 radical (unpaired) electrons. The number of Topliss-reactive ketones (excluding diaryl/α,β-unsaturated/α-hetero) is 1. The van der Waals surface area contributed by atoms with Gasteiger partial charge in [-0.25, -0.2) is 58.1 Å². The molecule has 0 bridgehead atoms. The molecule has 0 amide bonds. The number of nitrogens with two attached hydrogens (primary N) is 4.